The number of furan rings is 1. The Labute approximate surface area is 93.5 Å². The zero-order valence-electron chi connectivity index (χ0n) is 8.68. The molecule has 0 saturated heterocycles. The van der Waals surface area contributed by atoms with Gasteiger partial charge in [-0.15, -0.1) is 0 Å². The van der Waals surface area contributed by atoms with Gasteiger partial charge in [0, 0.05) is 16.8 Å². The summed E-state index contributed by atoms with van der Waals surface area (Å²) in [5.41, 5.74) is 3.05. The third kappa shape index (κ3) is 1.54. The number of nitrogens with one attached hydrogen (secondary N) is 1. The van der Waals surface area contributed by atoms with Gasteiger partial charge in [0.2, 0.25) is 0 Å². The van der Waals surface area contributed by atoms with Crippen LogP contribution >= 0.6 is 0 Å². The van der Waals surface area contributed by atoms with Crippen LogP contribution in [0.2, 0.25) is 0 Å². The molecule has 2 nitrogen and oxygen atoms in total. The van der Waals surface area contributed by atoms with Crippen LogP contribution in [0.25, 0.3) is 11.0 Å². The molecule has 0 spiro atoms. The summed E-state index contributed by atoms with van der Waals surface area (Å²) < 4.78 is 5.36. The Morgan fingerprint density at radius 3 is 2.56 bits per heavy atom. The Kier molecular flexibility index (Phi) is 2.11. The van der Waals surface area contributed by atoms with Gasteiger partial charge in [-0.2, -0.15) is 0 Å². The molecule has 0 aliphatic carbocycles. The molecule has 0 radical (unpaired) electrons. The van der Waals surface area contributed by atoms with E-state index >= 15 is 0 Å². The third-order valence-corrected chi connectivity index (χ3v) is 2.55. The lowest BCUT2D eigenvalue weighted by atomic mass is 10.2. The fourth-order valence-electron chi connectivity index (χ4n) is 1.78. The highest BCUT2D eigenvalue weighted by molar-refractivity contribution is 5.92. The first-order chi connectivity index (χ1) is 7.93. The maximum Gasteiger partial charge on any atom is 0.135 e. The van der Waals surface area contributed by atoms with Crippen molar-refractivity contribution in [1.29, 1.82) is 0 Å². The van der Waals surface area contributed by atoms with Crippen LogP contribution in [0.5, 0.6) is 0 Å². The van der Waals surface area contributed by atoms with Crippen molar-refractivity contribution in [3.63, 3.8) is 0 Å². The molecular formula is C14H11NO. The molecule has 78 valence electrons. The first-order valence-corrected chi connectivity index (χ1v) is 5.22. The second kappa shape index (κ2) is 3.74. The van der Waals surface area contributed by atoms with Gasteiger partial charge in [0.05, 0.1) is 6.26 Å². The standard InChI is InChI=1S/C14H11NO/c1-2-5-11(6-3-1)15-13-7-4-8-14-12(13)9-10-16-14/h1-10,15H. The van der Waals surface area contributed by atoms with Gasteiger partial charge in [-0.3, -0.25) is 0 Å². The maximum atomic E-state index is 5.36. The molecule has 3 rings (SSSR count). The van der Waals surface area contributed by atoms with Gasteiger partial charge in [-0.25, -0.2) is 0 Å². The Morgan fingerprint density at radius 2 is 1.69 bits per heavy atom. The fraction of sp³-hybridized carbons (Fsp3) is 0. The molecule has 0 fully saturated rings. The first-order valence-electron chi connectivity index (χ1n) is 5.22. The van der Waals surface area contributed by atoms with Crippen molar-refractivity contribution in [3.8, 4) is 0 Å². The van der Waals surface area contributed by atoms with Crippen LogP contribution in [0.15, 0.2) is 65.3 Å². The van der Waals surface area contributed by atoms with E-state index in [1.165, 1.54) is 0 Å². The predicted molar refractivity (Wildman–Crippen MR) is 65.9 cm³/mol. The summed E-state index contributed by atoms with van der Waals surface area (Å²) in [6.07, 6.45) is 1.71. The van der Waals surface area contributed by atoms with Gasteiger partial charge in [-0.1, -0.05) is 24.3 Å². The number of benzene rings is 2. The van der Waals surface area contributed by atoms with Crippen LogP contribution in [-0.4, -0.2) is 0 Å². The fourth-order valence-corrected chi connectivity index (χ4v) is 1.78. The van der Waals surface area contributed by atoms with E-state index in [2.05, 4.69) is 5.32 Å². The maximum absolute atomic E-state index is 5.36. The highest BCUT2D eigenvalue weighted by Gasteiger charge is 2.02. The van der Waals surface area contributed by atoms with Crippen molar-refractivity contribution in [2.24, 2.45) is 0 Å². The Morgan fingerprint density at radius 1 is 0.812 bits per heavy atom. The Balaban J connectivity index is 2.04. The normalized spacial score (nSPS) is 10.5. The van der Waals surface area contributed by atoms with Crippen molar-refractivity contribution in [1.82, 2.24) is 0 Å². The van der Waals surface area contributed by atoms with E-state index in [1.54, 1.807) is 6.26 Å². The van der Waals surface area contributed by atoms with Crippen molar-refractivity contribution < 1.29 is 4.42 Å². The molecule has 1 heterocycles. The van der Waals surface area contributed by atoms with Gasteiger partial charge in [0.15, 0.2) is 0 Å². The third-order valence-electron chi connectivity index (χ3n) is 2.55. The lowest BCUT2D eigenvalue weighted by Gasteiger charge is -2.06. The van der Waals surface area contributed by atoms with E-state index in [0.717, 1.165) is 22.3 Å². The zero-order chi connectivity index (χ0) is 10.8. The topological polar surface area (TPSA) is 25.2 Å². The van der Waals surface area contributed by atoms with Gasteiger partial charge in [-0.05, 0) is 30.3 Å². The van der Waals surface area contributed by atoms with Gasteiger partial charge >= 0.3 is 0 Å². The van der Waals surface area contributed by atoms with E-state index in [0.29, 0.717) is 0 Å². The number of fused-ring (bicyclic) bond motifs is 1. The van der Waals surface area contributed by atoms with E-state index in [-0.39, 0.29) is 0 Å². The summed E-state index contributed by atoms with van der Waals surface area (Å²) in [5, 5.41) is 4.48. The molecule has 0 aliphatic heterocycles. The minimum atomic E-state index is 0.904. The van der Waals surface area contributed by atoms with Crippen molar-refractivity contribution >= 4 is 22.3 Å². The molecule has 16 heavy (non-hydrogen) atoms. The van der Waals surface area contributed by atoms with E-state index in [1.807, 2.05) is 54.6 Å². The highest BCUT2D eigenvalue weighted by atomic mass is 16.3. The summed E-state index contributed by atoms with van der Waals surface area (Å²) in [7, 11) is 0. The van der Waals surface area contributed by atoms with E-state index < -0.39 is 0 Å². The SMILES string of the molecule is c1ccc(Nc2cccc3occc23)cc1. The number of hydrogen-bond donors (Lipinski definition) is 1. The van der Waals surface area contributed by atoms with Gasteiger partial charge in [0.25, 0.3) is 0 Å². The minimum Gasteiger partial charge on any atom is -0.464 e. The summed E-state index contributed by atoms with van der Waals surface area (Å²) in [5.74, 6) is 0. The first kappa shape index (κ1) is 9.04. The molecule has 1 N–H and O–H groups in total. The molecule has 3 aromatic rings. The second-order valence-corrected chi connectivity index (χ2v) is 3.63. The smallest absolute Gasteiger partial charge is 0.135 e. The minimum absolute atomic E-state index is 0.904. The van der Waals surface area contributed by atoms with Crippen LogP contribution in [-0.2, 0) is 0 Å². The number of rotatable bonds is 2. The lowest BCUT2D eigenvalue weighted by molar-refractivity contribution is 0.616. The van der Waals surface area contributed by atoms with Crippen LogP contribution in [0.1, 0.15) is 0 Å². The molecule has 0 saturated carbocycles. The van der Waals surface area contributed by atoms with E-state index in [9.17, 15) is 0 Å². The average Bonchev–Trinajstić information content (AvgIpc) is 2.80. The molecule has 0 aliphatic rings. The summed E-state index contributed by atoms with van der Waals surface area (Å²) in [4.78, 5) is 0. The molecule has 1 aromatic heterocycles. The second-order valence-electron chi connectivity index (χ2n) is 3.63. The number of para-hydroxylation sites is 1. The van der Waals surface area contributed by atoms with Crippen molar-refractivity contribution in [3.05, 3.63) is 60.9 Å². The predicted octanol–water partition coefficient (Wildman–Crippen LogP) is 4.18. The highest BCUT2D eigenvalue weighted by Crippen LogP contribution is 2.26. The average molecular weight is 209 g/mol. The van der Waals surface area contributed by atoms with Crippen LogP contribution < -0.4 is 5.32 Å². The van der Waals surface area contributed by atoms with E-state index in [4.69, 9.17) is 4.42 Å². The Bertz CT molecular complexity index is 598. The number of anilines is 2. The summed E-state index contributed by atoms with van der Waals surface area (Å²) in [6.45, 7) is 0. The summed E-state index contributed by atoms with van der Waals surface area (Å²) >= 11 is 0. The monoisotopic (exact) mass is 209 g/mol. The molecule has 0 bridgehead atoms. The van der Waals surface area contributed by atoms with Crippen molar-refractivity contribution in [2.45, 2.75) is 0 Å². The molecule has 0 amide bonds. The molecule has 0 unspecified atom stereocenters. The van der Waals surface area contributed by atoms with Gasteiger partial charge < -0.3 is 9.73 Å². The van der Waals surface area contributed by atoms with Crippen LogP contribution in [0, 0.1) is 0 Å². The molecule has 2 aromatic carbocycles. The largest absolute Gasteiger partial charge is 0.464 e. The Hall–Kier alpha value is -2.22. The zero-order valence-corrected chi connectivity index (χ0v) is 8.68. The lowest BCUT2D eigenvalue weighted by Crippen LogP contribution is -1.89. The van der Waals surface area contributed by atoms with Crippen molar-refractivity contribution in [2.75, 3.05) is 5.32 Å². The van der Waals surface area contributed by atoms with Crippen LogP contribution in [0.4, 0.5) is 11.4 Å². The van der Waals surface area contributed by atoms with Gasteiger partial charge in [0.1, 0.15) is 5.58 Å². The number of hydrogen-bond acceptors (Lipinski definition) is 2. The molecule has 0 atom stereocenters. The molecular weight excluding hydrogens is 198 g/mol. The van der Waals surface area contributed by atoms with Crippen LogP contribution in [0.3, 0.4) is 0 Å². The molecule has 2 heteroatoms. The quantitative estimate of drug-likeness (QED) is 0.685. The summed E-state index contributed by atoms with van der Waals surface area (Å²) in [6, 6.07) is 18.1.